The minimum atomic E-state index is -0.758. The molecule has 6 heteroatoms. The van der Waals surface area contributed by atoms with Crippen molar-refractivity contribution in [2.75, 3.05) is 7.11 Å². The van der Waals surface area contributed by atoms with Crippen LogP contribution in [-0.4, -0.2) is 29.7 Å². The third-order valence-electron chi connectivity index (χ3n) is 4.43. The van der Waals surface area contributed by atoms with Crippen molar-refractivity contribution in [2.24, 2.45) is 0 Å². The van der Waals surface area contributed by atoms with Crippen molar-refractivity contribution < 1.29 is 19.1 Å². The Bertz CT molecular complexity index is 1010. The maximum atomic E-state index is 13.0. The first-order valence-corrected chi connectivity index (χ1v) is 8.87. The molecule has 1 atom stereocenters. The topological polar surface area (TPSA) is 57.5 Å². The van der Waals surface area contributed by atoms with Gasteiger partial charge in [0.05, 0.1) is 18.2 Å². The maximum Gasteiger partial charge on any atom is 0.340 e. The molecule has 1 aromatic heterocycles. The van der Waals surface area contributed by atoms with E-state index in [1.807, 2.05) is 26.0 Å². The molecule has 0 bridgehead atoms. The molecule has 3 aromatic rings. The van der Waals surface area contributed by atoms with E-state index in [0.29, 0.717) is 27.2 Å². The SMILES string of the molecule is COC(=O)c1cn(C(=O)[C@@H](C)Oc2cc(C)c(Cl)c(C)c2)c2ccccc12. The van der Waals surface area contributed by atoms with Gasteiger partial charge in [-0.25, -0.2) is 4.79 Å². The first kappa shape index (κ1) is 19.0. The number of hydrogen-bond donors (Lipinski definition) is 0. The van der Waals surface area contributed by atoms with Crippen molar-refractivity contribution in [1.29, 1.82) is 0 Å². The third kappa shape index (κ3) is 3.55. The summed E-state index contributed by atoms with van der Waals surface area (Å²) in [6.07, 6.45) is 0.739. The lowest BCUT2D eigenvalue weighted by molar-refractivity contribution is 0.0602. The number of esters is 1. The first-order valence-electron chi connectivity index (χ1n) is 8.49. The third-order valence-corrected chi connectivity index (χ3v) is 5.02. The van der Waals surface area contributed by atoms with Gasteiger partial charge in [-0.1, -0.05) is 29.8 Å². The van der Waals surface area contributed by atoms with E-state index in [4.69, 9.17) is 21.1 Å². The Morgan fingerprint density at radius 3 is 2.37 bits per heavy atom. The number of nitrogens with zero attached hydrogens (tertiary/aromatic N) is 1. The smallest absolute Gasteiger partial charge is 0.340 e. The number of aromatic nitrogens is 1. The minimum Gasteiger partial charge on any atom is -0.481 e. The molecule has 0 aliphatic rings. The Labute approximate surface area is 162 Å². The minimum absolute atomic E-state index is 0.286. The number of rotatable bonds is 4. The fraction of sp³-hybridized carbons (Fsp3) is 0.238. The van der Waals surface area contributed by atoms with Crippen LogP contribution in [0.1, 0.15) is 33.2 Å². The number of aryl methyl sites for hydroxylation is 2. The fourth-order valence-electron chi connectivity index (χ4n) is 3.06. The van der Waals surface area contributed by atoms with Crippen LogP contribution in [0.3, 0.4) is 0 Å². The molecule has 27 heavy (non-hydrogen) atoms. The summed E-state index contributed by atoms with van der Waals surface area (Å²) in [6.45, 7) is 5.45. The molecule has 0 saturated carbocycles. The van der Waals surface area contributed by atoms with Crippen LogP contribution in [-0.2, 0) is 4.74 Å². The summed E-state index contributed by atoms with van der Waals surface area (Å²) in [5.74, 6) is -0.207. The highest BCUT2D eigenvalue weighted by molar-refractivity contribution is 6.32. The van der Waals surface area contributed by atoms with Crippen LogP contribution in [0, 0.1) is 13.8 Å². The molecule has 0 aliphatic carbocycles. The lowest BCUT2D eigenvalue weighted by atomic mass is 10.1. The molecule has 0 aliphatic heterocycles. The number of fused-ring (bicyclic) bond motifs is 1. The van der Waals surface area contributed by atoms with Gasteiger partial charge >= 0.3 is 5.97 Å². The van der Waals surface area contributed by atoms with Crippen molar-refractivity contribution in [1.82, 2.24) is 4.57 Å². The summed E-state index contributed by atoms with van der Waals surface area (Å²) in [6, 6.07) is 10.8. The molecule has 0 fully saturated rings. The van der Waals surface area contributed by atoms with Crippen LogP contribution >= 0.6 is 11.6 Å². The zero-order valence-electron chi connectivity index (χ0n) is 15.6. The summed E-state index contributed by atoms with van der Waals surface area (Å²) in [4.78, 5) is 25.0. The Morgan fingerprint density at radius 2 is 1.74 bits per heavy atom. The molecular formula is C21H20ClNO4. The second kappa shape index (κ2) is 7.45. The molecule has 1 heterocycles. The van der Waals surface area contributed by atoms with Gasteiger partial charge < -0.3 is 9.47 Å². The molecule has 5 nitrogen and oxygen atoms in total. The molecule has 0 spiro atoms. The van der Waals surface area contributed by atoms with Gasteiger partial charge in [0.2, 0.25) is 0 Å². The second-order valence-corrected chi connectivity index (χ2v) is 6.77. The number of hydrogen-bond acceptors (Lipinski definition) is 4. The van der Waals surface area contributed by atoms with Gasteiger partial charge in [-0.15, -0.1) is 0 Å². The molecule has 0 amide bonds. The molecule has 0 radical (unpaired) electrons. The summed E-state index contributed by atoms with van der Waals surface area (Å²) in [7, 11) is 1.31. The normalized spacial score (nSPS) is 12.0. The molecule has 140 valence electrons. The van der Waals surface area contributed by atoms with E-state index in [-0.39, 0.29) is 5.91 Å². The Balaban J connectivity index is 1.95. The standard InChI is InChI=1S/C21H20ClNO4/c1-12-9-15(10-13(2)19(12)22)27-14(3)20(24)23-11-17(21(25)26-4)16-7-5-6-8-18(16)23/h5-11,14H,1-4H3/t14-/m1/s1. The van der Waals surface area contributed by atoms with Crippen molar-refractivity contribution >= 4 is 34.4 Å². The van der Waals surface area contributed by atoms with E-state index in [1.165, 1.54) is 17.9 Å². The van der Waals surface area contributed by atoms with Gasteiger partial charge in [0, 0.05) is 16.6 Å². The highest BCUT2D eigenvalue weighted by Crippen LogP contribution is 2.27. The largest absolute Gasteiger partial charge is 0.481 e. The number of carbonyl (C=O) groups excluding carboxylic acids is 2. The molecule has 2 aromatic carbocycles. The predicted molar refractivity (Wildman–Crippen MR) is 105 cm³/mol. The maximum absolute atomic E-state index is 13.0. The molecular weight excluding hydrogens is 366 g/mol. The number of methoxy groups -OCH3 is 1. The number of para-hydroxylation sites is 1. The number of halogens is 1. The van der Waals surface area contributed by atoms with Gasteiger partial charge in [0.15, 0.2) is 6.10 Å². The van der Waals surface area contributed by atoms with E-state index in [2.05, 4.69) is 0 Å². The second-order valence-electron chi connectivity index (χ2n) is 6.39. The van der Waals surface area contributed by atoms with Gasteiger partial charge in [0.25, 0.3) is 5.91 Å². The molecule has 0 N–H and O–H groups in total. The zero-order chi connectivity index (χ0) is 19.7. The predicted octanol–water partition coefficient (Wildman–Crippen LogP) is 4.81. The highest BCUT2D eigenvalue weighted by atomic mass is 35.5. The Kier molecular flexibility index (Phi) is 5.24. The van der Waals surface area contributed by atoms with E-state index in [9.17, 15) is 9.59 Å². The van der Waals surface area contributed by atoms with E-state index < -0.39 is 12.1 Å². The number of benzene rings is 2. The summed E-state index contributed by atoms with van der Waals surface area (Å²) in [5.41, 5.74) is 2.73. The highest BCUT2D eigenvalue weighted by Gasteiger charge is 2.23. The summed E-state index contributed by atoms with van der Waals surface area (Å²) in [5, 5.41) is 1.34. The number of ether oxygens (including phenoxy) is 2. The monoisotopic (exact) mass is 385 g/mol. The average molecular weight is 386 g/mol. The summed E-state index contributed by atoms with van der Waals surface area (Å²) < 4.78 is 12.1. The summed E-state index contributed by atoms with van der Waals surface area (Å²) >= 11 is 6.19. The van der Waals surface area contributed by atoms with Crippen LogP contribution in [0.5, 0.6) is 5.75 Å². The Hall–Kier alpha value is -2.79. The van der Waals surface area contributed by atoms with E-state index in [1.54, 1.807) is 31.2 Å². The zero-order valence-corrected chi connectivity index (χ0v) is 16.3. The van der Waals surface area contributed by atoms with Gasteiger partial charge in [0.1, 0.15) is 5.75 Å². The van der Waals surface area contributed by atoms with Crippen molar-refractivity contribution in [3.63, 3.8) is 0 Å². The van der Waals surface area contributed by atoms with Crippen molar-refractivity contribution in [2.45, 2.75) is 26.9 Å². The van der Waals surface area contributed by atoms with Gasteiger partial charge in [-0.3, -0.25) is 9.36 Å². The first-order chi connectivity index (χ1) is 12.8. The molecule has 0 saturated heterocycles. The molecule has 0 unspecified atom stereocenters. The number of carbonyl (C=O) groups is 2. The van der Waals surface area contributed by atoms with Crippen LogP contribution < -0.4 is 4.74 Å². The van der Waals surface area contributed by atoms with Gasteiger partial charge in [-0.05, 0) is 50.1 Å². The lowest BCUT2D eigenvalue weighted by Gasteiger charge is -2.16. The van der Waals surface area contributed by atoms with Crippen molar-refractivity contribution in [3.8, 4) is 5.75 Å². The van der Waals surface area contributed by atoms with Crippen LogP contribution in [0.25, 0.3) is 10.9 Å². The Morgan fingerprint density at radius 1 is 1.11 bits per heavy atom. The van der Waals surface area contributed by atoms with Crippen molar-refractivity contribution in [3.05, 3.63) is 64.3 Å². The van der Waals surface area contributed by atoms with Gasteiger partial charge in [-0.2, -0.15) is 0 Å². The van der Waals surface area contributed by atoms with Crippen LogP contribution in [0.2, 0.25) is 5.02 Å². The van der Waals surface area contributed by atoms with E-state index >= 15 is 0 Å². The van der Waals surface area contributed by atoms with Crippen LogP contribution in [0.4, 0.5) is 0 Å². The molecule has 3 rings (SSSR count). The quantitative estimate of drug-likeness (QED) is 0.605. The fourth-order valence-corrected chi connectivity index (χ4v) is 3.17. The van der Waals surface area contributed by atoms with Crippen LogP contribution in [0.15, 0.2) is 42.6 Å². The average Bonchev–Trinajstić information content (AvgIpc) is 3.04. The lowest BCUT2D eigenvalue weighted by Crippen LogP contribution is -2.28. The van der Waals surface area contributed by atoms with E-state index in [0.717, 1.165) is 11.1 Å².